The van der Waals surface area contributed by atoms with Gasteiger partial charge in [0.1, 0.15) is 0 Å². The molecular formula is C62H49N. The van der Waals surface area contributed by atoms with Gasteiger partial charge in [-0.1, -0.05) is 203 Å². The second-order valence-electron chi connectivity index (χ2n) is 18.4. The van der Waals surface area contributed by atoms with Crippen LogP contribution in [-0.2, 0) is 10.8 Å². The zero-order chi connectivity index (χ0) is 42.1. The van der Waals surface area contributed by atoms with Gasteiger partial charge in [-0.25, -0.2) is 0 Å². The van der Waals surface area contributed by atoms with Gasteiger partial charge in [-0.05, 0) is 133 Å². The summed E-state index contributed by atoms with van der Waals surface area (Å²) in [6, 6.07) is 79.4. The fourth-order valence-corrected chi connectivity index (χ4v) is 11.8. The summed E-state index contributed by atoms with van der Waals surface area (Å²) in [5, 5.41) is 0. The Hall–Kier alpha value is -7.22. The SMILES string of the molecule is CC1(C)c2ccccc2-c2cccc(-c3cccc(N(c4ccc5c(c4)C4(CCCC4)c4ccccc4-5)c4ccccc4-c4cccc(-c5ccccc5-c5ccccc5)c4)c3)c21. The molecule has 1 heteroatoms. The van der Waals surface area contributed by atoms with Crippen molar-refractivity contribution in [2.75, 3.05) is 4.90 Å². The molecule has 3 aliphatic rings. The van der Waals surface area contributed by atoms with E-state index in [1.54, 1.807) is 0 Å². The highest BCUT2D eigenvalue weighted by atomic mass is 15.1. The van der Waals surface area contributed by atoms with E-state index >= 15 is 0 Å². The molecule has 9 aromatic rings. The molecule has 1 saturated carbocycles. The van der Waals surface area contributed by atoms with E-state index in [0.717, 1.165) is 11.4 Å². The molecule has 0 amide bonds. The van der Waals surface area contributed by atoms with Gasteiger partial charge in [-0.15, -0.1) is 0 Å². The number of nitrogens with zero attached hydrogens (tertiary/aromatic N) is 1. The van der Waals surface area contributed by atoms with E-state index in [-0.39, 0.29) is 10.8 Å². The summed E-state index contributed by atoms with van der Waals surface area (Å²) in [7, 11) is 0. The molecule has 1 nitrogen and oxygen atoms in total. The summed E-state index contributed by atoms with van der Waals surface area (Å²) in [6.45, 7) is 4.78. The van der Waals surface area contributed by atoms with Crippen molar-refractivity contribution in [3.8, 4) is 66.8 Å². The number of hydrogen-bond donors (Lipinski definition) is 0. The van der Waals surface area contributed by atoms with E-state index in [0.29, 0.717) is 0 Å². The van der Waals surface area contributed by atoms with Crippen molar-refractivity contribution < 1.29 is 0 Å². The van der Waals surface area contributed by atoms with Gasteiger partial charge in [0.25, 0.3) is 0 Å². The molecule has 0 atom stereocenters. The van der Waals surface area contributed by atoms with E-state index in [1.807, 2.05) is 0 Å². The summed E-state index contributed by atoms with van der Waals surface area (Å²) in [5.41, 5.74) is 24.5. The van der Waals surface area contributed by atoms with Crippen LogP contribution in [-0.4, -0.2) is 0 Å². The summed E-state index contributed by atoms with van der Waals surface area (Å²) < 4.78 is 0. The number of fused-ring (bicyclic) bond motifs is 8. The van der Waals surface area contributed by atoms with Crippen molar-refractivity contribution >= 4 is 17.1 Å². The molecule has 0 unspecified atom stereocenters. The number of para-hydroxylation sites is 1. The van der Waals surface area contributed by atoms with Gasteiger partial charge in [0.15, 0.2) is 0 Å². The van der Waals surface area contributed by atoms with E-state index in [2.05, 4.69) is 231 Å². The summed E-state index contributed by atoms with van der Waals surface area (Å²) in [5.74, 6) is 0. The molecular weight excluding hydrogens is 759 g/mol. The third kappa shape index (κ3) is 5.90. The van der Waals surface area contributed by atoms with Gasteiger partial charge in [-0.3, -0.25) is 0 Å². The predicted molar refractivity (Wildman–Crippen MR) is 265 cm³/mol. The molecule has 63 heavy (non-hydrogen) atoms. The Morgan fingerprint density at radius 2 is 0.825 bits per heavy atom. The van der Waals surface area contributed by atoms with Crippen molar-refractivity contribution in [2.24, 2.45) is 0 Å². The zero-order valence-corrected chi connectivity index (χ0v) is 36.0. The molecule has 0 saturated heterocycles. The Morgan fingerprint density at radius 3 is 1.59 bits per heavy atom. The van der Waals surface area contributed by atoms with Gasteiger partial charge >= 0.3 is 0 Å². The lowest BCUT2D eigenvalue weighted by atomic mass is 9.76. The molecule has 302 valence electrons. The normalized spacial score (nSPS) is 14.8. The number of hydrogen-bond acceptors (Lipinski definition) is 1. The molecule has 1 fully saturated rings. The first-order valence-corrected chi connectivity index (χ1v) is 22.7. The lowest BCUT2D eigenvalue weighted by molar-refractivity contribution is 0.550. The van der Waals surface area contributed by atoms with Crippen LogP contribution in [0.5, 0.6) is 0 Å². The van der Waals surface area contributed by atoms with Gasteiger partial charge in [-0.2, -0.15) is 0 Å². The predicted octanol–water partition coefficient (Wildman–Crippen LogP) is 17.0. The highest BCUT2D eigenvalue weighted by Gasteiger charge is 2.45. The van der Waals surface area contributed by atoms with Crippen molar-refractivity contribution in [1.82, 2.24) is 0 Å². The topological polar surface area (TPSA) is 3.24 Å². The van der Waals surface area contributed by atoms with Gasteiger partial charge in [0.2, 0.25) is 0 Å². The first-order valence-electron chi connectivity index (χ1n) is 22.7. The minimum absolute atomic E-state index is 0.0562. The first kappa shape index (κ1) is 37.5. The van der Waals surface area contributed by atoms with Crippen LogP contribution in [0.25, 0.3) is 66.8 Å². The number of rotatable bonds is 7. The lowest BCUT2D eigenvalue weighted by Gasteiger charge is -2.31. The van der Waals surface area contributed by atoms with E-state index in [4.69, 9.17) is 0 Å². The van der Waals surface area contributed by atoms with E-state index < -0.39 is 0 Å². The number of anilines is 3. The van der Waals surface area contributed by atoms with E-state index in [9.17, 15) is 0 Å². The average Bonchev–Trinajstić information content (AvgIpc) is 4.02. The standard InChI is InChI=1S/C62H49N/c1-61(2)56-32-11-8-29-53(56)55-31-18-30-51(60(55)61)45-23-17-24-46(40-45)63(47-35-36-54-52-28-9-12-33-57(52)62(58(54)41-47)37-14-15-38-62)59-34-13-10-27-50(59)44-22-16-21-43(39-44)49-26-7-6-25-48(49)42-19-4-3-5-20-42/h3-13,16-36,39-41H,14-15,37-38H2,1-2H3. The molecule has 0 N–H and O–H groups in total. The van der Waals surface area contributed by atoms with Crippen LogP contribution >= 0.6 is 0 Å². The maximum atomic E-state index is 2.55. The van der Waals surface area contributed by atoms with Gasteiger partial charge < -0.3 is 4.90 Å². The highest BCUT2D eigenvalue weighted by molar-refractivity contribution is 5.94. The summed E-state index contributed by atoms with van der Waals surface area (Å²) in [4.78, 5) is 2.54. The molecule has 0 aromatic heterocycles. The summed E-state index contributed by atoms with van der Waals surface area (Å²) in [6.07, 6.45) is 4.91. The van der Waals surface area contributed by atoms with Crippen LogP contribution in [0.15, 0.2) is 212 Å². The zero-order valence-electron chi connectivity index (χ0n) is 36.0. The second-order valence-corrected chi connectivity index (χ2v) is 18.4. The minimum Gasteiger partial charge on any atom is -0.310 e. The number of benzene rings is 9. The Bertz CT molecular complexity index is 3220. The Balaban J connectivity index is 1.05. The Kier molecular flexibility index (Phi) is 8.76. The largest absolute Gasteiger partial charge is 0.310 e. The first-order chi connectivity index (χ1) is 31.0. The average molecular weight is 808 g/mol. The monoisotopic (exact) mass is 807 g/mol. The quantitative estimate of drug-likeness (QED) is 0.155. The molecule has 0 heterocycles. The maximum Gasteiger partial charge on any atom is 0.0540 e. The maximum absolute atomic E-state index is 2.55. The molecule has 0 radical (unpaired) electrons. The van der Waals surface area contributed by atoms with Crippen LogP contribution in [0, 0.1) is 0 Å². The molecule has 0 aliphatic heterocycles. The second kappa shape index (κ2) is 14.7. The molecule has 12 rings (SSSR count). The Morgan fingerprint density at radius 1 is 0.333 bits per heavy atom. The van der Waals surface area contributed by atoms with Crippen LogP contribution in [0.1, 0.15) is 61.8 Å². The highest BCUT2D eigenvalue weighted by Crippen LogP contribution is 2.58. The third-order valence-corrected chi connectivity index (χ3v) is 14.6. The molecule has 0 bridgehead atoms. The Labute approximate surface area is 372 Å². The van der Waals surface area contributed by atoms with Crippen molar-refractivity contribution in [3.63, 3.8) is 0 Å². The van der Waals surface area contributed by atoms with Crippen LogP contribution in [0.3, 0.4) is 0 Å². The molecule has 3 aliphatic carbocycles. The van der Waals surface area contributed by atoms with Crippen LogP contribution in [0.4, 0.5) is 17.1 Å². The van der Waals surface area contributed by atoms with Crippen LogP contribution < -0.4 is 4.90 Å². The van der Waals surface area contributed by atoms with E-state index in [1.165, 1.54) is 120 Å². The van der Waals surface area contributed by atoms with Crippen molar-refractivity contribution in [1.29, 1.82) is 0 Å². The fraction of sp³-hybridized carbons (Fsp3) is 0.129. The summed E-state index contributed by atoms with van der Waals surface area (Å²) >= 11 is 0. The van der Waals surface area contributed by atoms with Crippen LogP contribution in [0.2, 0.25) is 0 Å². The van der Waals surface area contributed by atoms with Gasteiger partial charge in [0, 0.05) is 27.8 Å². The lowest BCUT2D eigenvalue weighted by Crippen LogP contribution is -2.21. The minimum atomic E-state index is -0.125. The van der Waals surface area contributed by atoms with Gasteiger partial charge in [0.05, 0.1) is 5.69 Å². The smallest absolute Gasteiger partial charge is 0.0540 e. The van der Waals surface area contributed by atoms with Crippen molar-refractivity contribution in [2.45, 2.75) is 50.4 Å². The fourth-order valence-electron chi connectivity index (χ4n) is 11.8. The molecule has 9 aromatic carbocycles. The van der Waals surface area contributed by atoms with Crippen molar-refractivity contribution in [3.05, 3.63) is 235 Å². The third-order valence-electron chi connectivity index (χ3n) is 14.6. The molecule has 1 spiro atoms.